The predicted octanol–water partition coefficient (Wildman–Crippen LogP) is 2.76. The Morgan fingerprint density at radius 1 is 1.37 bits per heavy atom. The minimum Gasteiger partial charge on any atom is -0.480 e. The van der Waals surface area contributed by atoms with Crippen molar-refractivity contribution in [3.05, 3.63) is 28.7 Å². The first-order valence-corrected chi connectivity index (χ1v) is 7.04. The fourth-order valence-electron chi connectivity index (χ4n) is 1.51. The van der Waals surface area contributed by atoms with Gasteiger partial charge in [0.05, 0.1) is 4.47 Å². The summed E-state index contributed by atoms with van der Waals surface area (Å²) in [6.07, 6.45) is 0.243. The zero-order valence-electron chi connectivity index (χ0n) is 11.5. The molecular formula is C14H20BrNO3. The highest BCUT2D eigenvalue weighted by Crippen LogP contribution is 2.24. The number of ether oxygens (including phenoxy) is 2. The van der Waals surface area contributed by atoms with Crippen molar-refractivity contribution in [2.24, 2.45) is 0 Å². The van der Waals surface area contributed by atoms with Crippen LogP contribution in [0.25, 0.3) is 0 Å². The number of rotatable bonds is 7. The molecule has 1 N–H and O–H groups in total. The Morgan fingerprint density at radius 2 is 2.05 bits per heavy atom. The molecule has 0 saturated carbocycles. The van der Waals surface area contributed by atoms with Gasteiger partial charge in [0.25, 0.3) is 5.91 Å². The molecule has 1 aromatic carbocycles. The average molecular weight is 330 g/mol. The van der Waals surface area contributed by atoms with Gasteiger partial charge in [0.2, 0.25) is 0 Å². The van der Waals surface area contributed by atoms with E-state index in [9.17, 15) is 4.79 Å². The number of carbonyl (C=O) groups is 1. The molecule has 0 saturated heterocycles. The molecule has 1 rings (SSSR count). The van der Waals surface area contributed by atoms with Gasteiger partial charge >= 0.3 is 0 Å². The molecule has 0 aromatic heterocycles. The van der Waals surface area contributed by atoms with E-state index in [4.69, 9.17) is 9.47 Å². The quantitative estimate of drug-likeness (QED) is 0.836. The summed E-state index contributed by atoms with van der Waals surface area (Å²) in [5, 5.41) is 2.89. The average Bonchev–Trinajstić information content (AvgIpc) is 2.38. The van der Waals surface area contributed by atoms with Gasteiger partial charge in [-0.1, -0.05) is 12.1 Å². The summed E-state index contributed by atoms with van der Waals surface area (Å²) >= 11 is 3.39. The van der Waals surface area contributed by atoms with Gasteiger partial charge in [0.15, 0.2) is 6.10 Å². The topological polar surface area (TPSA) is 47.6 Å². The molecular weight excluding hydrogens is 310 g/mol. The SMILES string of the molecule is COCC[C@@H](C)NC(=O)[C@H](C)Oc1ccccc1Br. The zero-order valence-corrected chi connectivity index (χ0v) is 13.1. The highest BCUT2D eigenvalue weighted by Gasteiger charge is 2.17. The summed E-state index contributed by atoms with van der Waals surface area (Å²) in [7, 11) is 1.65. The van der Waals surface area contributed by atoms with Gasteiger partial charge in [-0.25, -0.2) is 0 Å². The van der Waals surface area contributed by atoms with E-state index in [1.54, 1.807) is 14.0 Å². The number of benzene rings is 1. The van der Waals surface area contributed by atoms with E-state index in [0.29, 0.717) is 12.4 Å². The standard InChI is InChI=1S/C14H20BrNO3/c1-10(8-9-18-3)16-14(17)11(2)19-13-7-5-4-6-12(13)15/h4-7,10-11H,8-9H2,1-3H3,(H,16,17)/t10-,11+/m1/s1. The molecule has 0 aliphatic heterocycles. The van der Waals surface area contributed by atoms with E-state index in [1.165, 1.54) is 0 Å². The molecule has 0 fully saturated rings. The maximum atomic E-state index is 11.9. The third-order valence-corrected chi connectivity index (χ3v) is 3.31. The van der Waals surface area contributed by atoms with Crippen LogP contribution in [-0.4, -0.2) is 31.8 Å². The van der Waals surface area contributed by atoms with Crippen LogP contribution in [0, 0.1) is 0 Å². The second-order valence-corrected chi connectivity index (χ2v) is 5.24. The lowest BCUT2D eigenvalue weighted by molar-refractivity contribution is -0.128. The van der Waals surface area contributed by atoms with E-state index in [1.807, 2.05) is 31.2 Å². The van der Waals surface area contributed by atoms with Crippen LogP contribution in [0.4, 0.5) is 0 Å². The van der Waals surface area contributed by atoms with Crippen LogP contribution in [0.2, 0.25) is 0 Å². The van der Waals surface area contributed by atoms with E-state index < -0.39 is 6.10 Å². The molecule has 5 heteroatoms. The Kier molecular flexibility index (Phi) is 6.87. The summed E-state index contributed by atoms with van der Waals surface area (Å²) in [5.41, 5.74) is 0. The van der Waals surface area contributed by atoms with Gasteiger partial charge in [-0.3, -0.25) is 4.79 Å². The maximum Gasteiger partial charge on any atom is 0.260 e. The molecule has 0 aliphatic carbocycles. The normalized spacial score (nSPS) is 13.7. The molecule has 0 aliphatic rings. The summed E-state index contributed by atoms with van der Waals surface area (Å²) in [6.45, 7) is 4.31. The van der Waals surface area contributed by atoms with Crippen molar-refractivity contribution in [2.75, 3.05) is 13.7 Å². The molecule has 19 heavy (non-hydrogen) atoms. The third-order valence-electron chi connectivity index (χ3n) is 2.65. The molecule has 1 amide bonds. The lowest BCUT2D eigenvalue weighted by Crippen LogP contribution is -2.41. The number of carbonyl (C=O) groups excluding carboxylic acids is 1. The number of hydrogen-bond acceptors (Lipinski definition) is 3. The maximum absolute atomic E-state index is 11.9. The second kappa shape index (κ2) is 8.17. The lowest BCUT2D eigenvalue weighted by Gasteiger charge is -2.19. The van der Waals surface area contributed by atoms with Crippen molar-refractivity contribution < 1.29 is 14.3 Å². The first-order valence-electron chi connectivity index (χ1n) is 6.25. The molecule has 2 atom stereocenters. The third kappa shape index (κ3) is 5.61. The van der Waals surface area contributed by atoms with Crippen LogP contribution in [0.3, 0.4) is 0 Å². The number of hydrogen-bond donors (Lipinski definition) is 1. The molecule has 106 valence electrons. The van der Waals surface area contributed by atoms with Crippen molar-refractivity contribution in [2.45, 2.75) is 32.4 Å². The van der Waals surface area contributed by atoms with Gasteiger partial charge < -0.3 is 14.8 Å². The van der Waals surface area contributed by atoms with Crippen LogP contribution >= 0.6 is 15.9 Å². The molecule has 1 aromatic rings. The lowest BCUT2D eigenvalue weighted by atomic mass is 10.2. The van der Waals surface area contributed by atoms with Crippen molar-refractivity contribution in [1.29, 1.82) is 0 Å². The summed E-state index contributed by atoms with van der Waals surface area (Å²) in [4.78, 5) is 11.9. The van der Waals surface area contributed by atoms with Crippen molar-refractivity contribution in [1.82, 2.24) is 5.32 Å². The summed E-state index contributed by atoms with van der Waals surface area (Å²) in [6, 6.07) is 7.53. The minimum absolute atomic E-state index is 0.0673. The van der Waals surface area contributed by atoms with Gasteiger partial charge in [-0.05, 0) is 48.3 Å². The molecule has 0 heterocycles. The largest absolute Gasteiger partial charge is 0.480 e. The van der Waals surface area contributed by atoms with E-state index in [-0.39, 0.29) is 11.9 Å². The minimum atomic E-state index is -0.538. The zero-order chi connectivity index (χ0) is 14.3. The smallest absolute Gasteiger partial charge is 0.260 e. The van der Waals surface area contributed by atoms with E-state index >= 15 is 0 Å². The fraction of sp³-hybridized carbons (Fsp3) is 0.500. The number of halogens is 1. The number of methoxy groups -OCH3 is 1. The molecule has 0 bridgehead atoms. The second-order valence-electron chi connectivity index (χ2n) is 4.38. The fourth-order valence-corrected chi connectivity index (χ4v) is 1.89. The van der Waals surface area contributed by atoms with Gasteiger partial charge in [0, 0.05) is 19.8 Å². The Morgan fingerprint density at radius 3 is 2.68 bits per heavy atom. The number of para-hydroxylation sites is 1. The first-order chi connectivity index (χ1) is 9.04. The molecule has 0 unspecified atom stereocenters. The van der Waals surface area contributed by atoms with E-state index in [0.717, 1.165) is 10.9 Å². The van der Waals surface area contributed by atoms with Crippen molar-refractivity contribution in [3.8, 4) is 5.75 Å². The highest BCUT2D eigenvalue weighted by molar-refractivity contribution is 9.10. The predicted molar refractivity (Wildman–Crippen MR) is 78.3 cm³/mol. The highest BCUT2D eigenvalue weighted by atomic mass is 79.9. The monoisotopic (exact) mass is 329 g/mol. The van der Waals surface area contributed by atoms with Crippen LogP contribution in [0.15, 0.2) is 28.7 Å². The summed E-state index contributed by atoms with van der Waals surface area (Å²) in [5.74, 6) is 0.536. The van der Waals surface area contributed by atoms with E-state index in [2.05, 4.69) is 21.2 Å². The Bertz CT molecular complexity index is 411. The van der Waals surface area contributed by atoms with Gasteiger partial charge in [0.1, 0.15) is 5.75 Å². The molecule has 4 nitrogen and oxygen atoms in total. The van der Waals surface area contributed by atoms with Crippen LogP contribution in [-0.2, 0) is 9.53 Å². The Labute approximate surface area is 122 Å². The van der Waals surface area contributed by atoms with Crippen molar-refractivity contribution in [3.63, 3.8) is 0 Å². The molecule has 0 spiro atoms. The van der Waals surface area contributed by atoms with Crippen LogP contribution in [0.1, 0.15) is 20.3 Å². The number of nitrogens with one attached hydrogen (secondary N) is 1. The Hall–Kier alpha value is -1.07. The van der Waals surface area contributed by atoms with Crippen LogP contribution < -0.4 is 10.1 Å². The first kappa shape index (κ1) is 16.0. The van der Waals surface area contributed by atoms with Gasteiger partial charge in [-0.15, -0.1) is 0 Å². The Balaban J connectivity index is 2.47. The summed E-state index contributed by atoms with van der Waals surface area (Å²) < 4.78 is 11.4. The van der Waals surface area contributed by atoms with Gasteiger partial charge in [-0.2, -0.15) is 0 Å². The van der Waals surface area contributed by atoms with Crippen LogP contribution in [0.5, 0.6) is 5.75 Å². The molecule has 0 radical (unpaired) electrons. The van der Waals surface area contributed by atoms with Crippen molar-refractivity contribution >= 4 is 21.8 Å². The number of amides is 1.